The van der Waals surface area contributed by atoms with Gasteiger partial charge in [0, 0.05) is 19.0 Å². The highest BCUT2D eigenvalue weighted by molar-refractivity contribution is 5.95. The quantitative estimate of drug-likeness (QED) is 0.840. The minimum absolute atomic E-state index is 0.00991. The number of rotatable bonds is 3. The molecule has 4 nitrogen and oxygen atoms in total. The Morgan fingerprint density at radius 1 is 1.59 bits per heavy atom. The highest BCUT2D eigenvalue weighted by Crippen LogP contribution is 2.12. The highest BCUT2D eigenvalue weighted by atomic mass is 16.3. The lowest BCUT2D eigenvalue weighted by molar-refractivity contribution is 0.0933. The summed E-state index contributed by atoms with van der Waals surface area (Å²) in [7, 11) is 0. The van der Waals surface area contributed by atoms with Crippen LogP contribution in [0.3, 0.4) is 0 Å². The second-order valence-electron chi connectivity index (χ2n) is 4.48. The number of hydrogen-bond acceptors (Lipinski definition) is 3. The van der Waals surface area contributed by atoms with Crippen LogP contribution in [0.15, 0.2) is 16.7 Å². The van der Waals surface area contributed by atoms with Crippen LogP contribution in [0.4, 0.5) is 0 Å². The molecule has 17 heavy (non-hydrogen) atoms. The van der Waals surface area contributed by atoms with Crippen molar-refractivity contribution in [2.24, 2.45) is 0 Å². The molecule has 1 aromatic heterocycles. The molecule has 2 N–H and O–H groups in total. The third-order valence-electron chi connectivity index (χ3n) is 3.19. The second-order valence-corrected chi connectivity index (χ2v) is 4.48. The van der Waals surface area contributed by atoms with Gasteiger partial charge in [-0.05, 0) is 25.5 Å². The van der Waals surface area contributed by atoms with Crippen LogP contribution in [0.1, 0.15) is 42.3 Å². The molecule has 0 aromatic carbocycles. The van der Waals surface area contributed by atoms with Gasteiger partial charge in [-0.1, -0.05) is 13.3 Å². The third-order valence-corrected chi connectivity index (χ3v) is 3.19. The molecule has 94 valence electrons. The van der Waals surface area contributed by atoms with E-state index in [1.807, 2.05) is 6.92 Å². The molecule has 0 spiro atoms. The minimum Gasteiger partial charge on any atom is -0.469 e. The van der Waals surface area contributed by atoms with E-state index in [1.165, 1.54) is 12.8 Å². The molecule has 0 radical (unpaired) electrons. The Kier molecular flexibility index (Phi) is 4.20. The zero-order chi connectivity index (χ0) is 12.1. The van der Waals surface area contributed by atoms with Crippen molar-refractivity contribution in [2.75, 3.05) is 13.1 Å². The molecule has 1 aliphatic heterocycles. The van der Waals surface area contributed by atoms with Gasteiger partial charge >= 0.3 is 0 Å². The Morgan fingerprint density at radius 3 is 3.29 bits per heavy atom. The van der Waals surface area contributed by atoms with E-state index >= 15 is 0 Å². The standard InChI is InChI=1S/C13H20N2O2/c1-2-12-11(6-8-17-12)13(16)15-10-5-3-4-7-14-9-10/h6,8,10,14H,2-5,7,9H2,1H3,(H,15,16). The van der Waals surface area contributed by atoms with Crippen molar-refractivity contribution in [1.82, 2.24) is 10.6 Å². The third kappa shape index (κ3) is 3.09. The van der Waals surface area contributed by atoms with E-state index in [4.69, 9.17) is 4.42 Å². The summed E-state index contributed by atoms with van der Waals surface area (Å²) in [5.41, 5.74) is 0.678. The minimum atomic E-state index is -0.00991. The molecular formula is C13H20N2O2. The summed E-state index contributed by atoms with van der Waals surface area (Å²) in [5, 5.41) is 6.41. The maximum Gasteiger partial charge on any atom is 0.255 e. The fraction of sp³-hybridized carbons (Fsp3) is 0.615. The van der Waals surface area contributed by atoms with Gasteiger partial charge in [0.1, 0.15) is 5.76 Å². The van der Waals surface area contributed by atoms with Crippen molar-refractivity contribution in [3.63, 3.8) is 0 Å². The van der Waals surface area contributed by atoms with Gasteiger partial charge in [0.05, 0.1) is 11.8 Å². The number of furan rings is 1. The molecule has 1 amide bonds. The summed E-state index contributed by atoms with van der Waals surface area (Å²) in [5.74, 6) is 0.758. The predicted octanol–water partition coefficient (Wildman–Crippen LogP) is 1.71. The van der Waals surface area contributed by atoms with Gasteiger partial charge < -0.3 is 15.1 Å². The van der Waals surface area contributed by atoms with Gasteiger partial charge in [-0.15, -0.1) is 0 Å². The van der Waals surface area contributed by atoms with Crippen molar-refractivity contribution in [3.05, 3.63) is 23.7 Å². The first-order valence-electron chi connectivity index (χ1n) is 6.39. The van der Waals surface area contributed by atoms with Crippen LogP contribution in [0.5, 0.6) is 0 Å². The summed E-state index contributed by atoms with van der Waals surface area (Å²) in [6.07, 6.45) is 5.75. The fourth-order valence-corrected chi connectivity index (χ4v) is 2.22. The number of carbonyl (C=O) groups excluding carboxylic acids is 1. The van der Waals surface area contributed by atoms with Gasteiger partial charge in [0.2, 0.25) is 0 Å². The van der Waals surface area contributed by atoms with Crippen molar-refractivity contribution in [3.8, 4) is 0 Å². The van der Waals surface area contributed by atoms with Crippen LogP contribution in [0.2, 0.25) is 0 Å². The Morgan fingerprint density at radius 2 is 2.47 bits per heavy atom. The number of hydrogen-bond donors (Lipinski definition) is 2. The number of nitrogens with one attached hydrogen (secondary N) is 2. The molecule has 0 saturated carbocycles. The summed E-state index contributed by atoms with van der Waals surface area (Å²) in [6, 6.07) is 1.99. The van der Waals surface area contributed by atoms with Gasteiger partial charge in [0.15, 0.2) is 0 Å². The summed E-state index contributed by atoms with van der Waals surface area (Å²) in [4.78, 5) is 12.1. The first-order chi connectivity index (χ1) is 8.31. The van der Waals surface area contributed by atoms with Crippen LogP contribution in [-0.2, 0) is 6.42 Å². The predicted molar refractivity (Wildman–Crippen MR) is 66.1 cm³/mol. The van der Waals surface area contributed by atoms with Crippen molar-refractivity contribution >= 4 is 5.91 Å². The first kappa shape index (κ1) is 12.2. The van der Waals surface area contributed by atoms with E-state index in [9.17, 15) is 4.79 Å². The van der Waals surface area contributed by atoms with Crippen LogP contribution in [0.25, 0.3) is 0 Å². The van der Waals surface area contributed by atoms with Gasteiger partial charge in [-0.3, -0.25) is 4.79 Å². The molecule has 1 fully saturated rings. The van der Waals surface area contributed by atoms with Gasteiger partial charge in [-0.2, -0.15) is 0 Å². The van der Waals surface area contributed by atoms with Gasteiger partial charge in [-0.25, -0.2) is 0 Å². The van der Waals surface area contributed by atoms with Gasteiger partial charge in [0.25, 0.3) is 5.91 Å². The Hall–Kier alpha value is -1.29. The topological polar surface area (TPSA) is 54.3 Å². The molecule has 2 rings (SSSR count). The molecule has 0 bridgehead atoms. The lowest BCUT2D eigenvalue weighted by Crippen LogP contribution is -2.40. The summed E-state index contributed by atoms with van der Waals surface area (Å²) in [6.45, 7) is 3.91. The zero-order valence-electron chi connectivity index (χ0n) is 10.3. The molecule has 0 aliphatic carbocycles. The molecule has 2 heterocycles. The number of amides is 1. The number of carbonyl (C=O) groups is 1. The second kappa shape index (κ2) is 5.87. The van der Waals surface area contributed by atoms with Crippen LogP contribution in [-0.4, -0.2) is 25.0 Å². The normalized spacial score (nSPS) is 20.9. The molecular weight excluding hydrogens is 216 g/mol. The highest BCUT2D eigenvalue weighted by Gasteiger charge is 2.18. The van der Waals surface area contributed by atoms with E-state index in [2.05, 4.69) is 10.6 Å². The van der Waals surface area contributed by atoms with E-state index < -0.39 is 0 Å². The van der Waals surface area contributed by atoms with Crippen LogP contribution >= 0.6 is 0 Å². The molecule has 4 heteroatoms. The lowest BCUT2D eigenvalue weighted by atomic mass is 10.1. The largest absolute Gasteiger partial charge is 0.469 e. The lowest BCUT2D eigenvalue weighted by Gasteiger charge is -2.16. The molecule has 1 aromatic rings. The Balaban J connectivity index is 1.96. The van der Waals surface area contributed by atoms with E-state index in [0.717, 1.165) is 31.7 Å². The monoisotopic (exact) mass is 236 g/mol. The molecule has 1 saturated heterocycles. The Labute approximate surface area is 102 Å². The summed E-state index contributed by atoms with van der Waals surface area (Å²) < 4.78 is 5.27. The maximum absolute atomic E-state index is 12.1. The number of aryl methyl sites for hydroxylation is 1. The summed E-state index contributed by atoms with van der Waals surface area (Å²) >= 11 is 0. The van der Waals surface area contributed by atoms with Crippen molar-refractivity contribution in [1.29, 1.82) is 0 Å². The Bertz CT molecular complexity index is 365. The van der Waals surface area contributed by atoms with E-state index in [1.54, 1.807) is 12.3 Å². The molecule has 1 unspecified atom stereocenters. The molecule has 1 atom stereocenters. The van der Waals surface area contributed by atoms with E-state index in [0.29, 0.717) is 5.56 Å². The smallest absolute Gasteiger partial charge is 0.255 e. The first-order valence-corrected chi connectivity index (χ1v) is 6.39. The maximum atomic E-state index is 12.1. The zero-order valence-corrected chi connectivity index (χ0v) is 10.3. The average Bonchev–Trinajstić information content (AvgIpc) is 2.68. The van der Waals surface area contributed by atoms with Crippen LogP contribution in [0, 0.1) is 0 Å². The SMILES string of the molecule is CCc1occc1C(=O)NC1CCCCNC1. The fourth-order valence-electron chi connectivity index (χ4n) is 2.22. The van der Waals surface area contributed by atoms with E-state index in [-0.39, 0.29) is 11.9 Å². The van der Waals surface area contributed by atoms with Crippen molar-refractivity contribution in [2.45, 2.75) is 38.6 Å². The average molecular weight is 236 g/mol. The molecule has 1 aliphatic rings. The van der Waals surface area contributed by atoms with Crippen LogP contribution < -0.4 is 10.6 Å². The van der Waals surface area contributed by atoms with Crippen molar-refractivity contribution < 1.29 is 9.21 Å².